The largest absolute Gasteiger partial charge is 0.337 e. The average Bonchev–Trinajstić information content (AvgIpc) is 3.13. The molecule has 0 bridgehead atoms. The van der Waals surface area contributed by atoms with Crippen molar-refractivity contribution in [3.8, 4) is 0 Å². The minimum Gasteiger partial charge on any atom is -0.337 e. The molecule has 1 heterocycles. The van der Waals surface area contributed by atoms with Crippen molar-refractivity contribution in [2.45, 2.75) is 39.2 Å². The van der Waals surface area contributed by atoms with Gasteiger partial charge in [-0.3, -0.25) is 0 Å². The lowest BCUT2D eigenvalue weighted by Crippen LogP contribution is -2.12. The van der Waals surface area contributed by atoms with Crippen molar-refractivity contribution in [3.63, 3.8) is 0 Å². The lowest BCUT2D eigenvalue weighted by atomic mass is 9.92. The minimum atomic E-state index is 0.565. The van der Waals surface area contributed by atoms with E-state index < -0.39 is 0 Å². The number of halogens is 2. The van der Waals surface area contributed by atoms with Crippen molar-refractivity contribution < 1.29 is 0 Å². The van der Waals surface area contributed by atoms with Crippen molar-refractivity contribution in [3.05, 3.63) is 87.9 Å². The van der Waals surface area contributed by atoms with Crippen LogP contribution in [0.2, 0.25) is 10.0 Å². The summed E-state index contributed by atoms with van der Waals surface area (Å²) in [5.74, 6) is 0.565. The van der Waals surface area contributed by atoms with Gasteiger partial charge in [-0.15, -0.1) is 0 Å². The fourth-order valence-corrected chi connectivity index (χ4v) is 3.86. The first kappa shape index (κ1) is 19.0. The molecule has 0 aliphatic rings. The Labute approximate surface area is 165 Å². The van der Waals surface area contributed by atoms with Gasteiger partial charge in [-0.2, -0.15) is 0 Å². The summed E-state index contributed by atoms with van der Waals surface area (Å²) in [6.07, 6.45) is 10.1. The first-order chi connectivity index (χ1) is 12.6. The van der Waals surface area contributed by atoms with Gasteiger partial charge < -0.3 is 4.57 Å². The normalized spacial score (nSPS) is 12.3. The molecule has 136 valence electrons. The molecule has 0 fully saturated rings. The second-order valence-electron chi connectivity index (χ2n) is 6.87. The highest BCUT2D eigenvalue weighted by atomic mass is 35.5. The molecule has 2 nitrogen and oxygen atoms in total. The number of hydrogen-bond acceptors (Lipinski definition) is 1. The third-order valence-corrected chi connectivity index (χ3v) is 5.54. The molecule has 1 atom stereocenters. The zero-order valence-corrected chi connectivity index (χ0v) is 16.5. The third kappa shape index (κ3) is 5.36. The summed E-state index contributed by atoms with van der Waals surface area (Å²) in [6.45, 7) is 3.17. The standard InChI is InChI=1S/C22H24Cl2N2/c1-17-4-2-3-5-19(17)8-6-18(15-26-13-12-25-16-26)7-9-20-10-11-21(23)14-22(20)24/h2-5,10-14,16,18H,6-9,15H2,1H3. The van der Waals surface area contributed by atoms with Crippen LogP contribution in [0.1, 0.15) is 29.5 Å². The van der Waals surface area contributed by atoms with Gasteiger partial charge in [-0.25, -0.2) is 4.98 Å². The summed E-state index contributed by atoms with van der Waals surface area (Å²) in [5.41, 5.74) is 3.98. The Kier molecular flexibility index (Phi) is 6.76. The van der Waals surface area contributed by atoms with E-state index in [9.17, 15) is 0 Å². The first-order valence-corrected chi connectivity index (χ1v) is 9.81. The fourth-order valence-electron chi connectivity index (χ4n) is 3.35. The number of benzene rings is 2. The average molecular weight is 387 g/mol. The van der Waals surface area contributed by atoms with E-state index in [0.717, 1.165) is 37.3 Å². The van der Waals surface area contributed by atoms with E-state index in [2.05, 4.69) is 40.7 Å². The molecule has 0 radical (unpaired) electrons. The van der Waals surface area contributed by atoms with Gasteiger partial charge in [0.05, 0.1) is 6.33 Å². The second kappa shape index (κ2) is 9.25. The van der Waals surface area contributed by atoms with Crippen LogP contribution in [0.3, 0.4) is 0 Å². The molecule has 4 heteroatoms. The maximum Gasteiger partial charge on any atom is 0.0945 e. The van der Waals surface area contributed by atoms with E-state index in [1.54, 1.807) is 0 Å². The number of aromatic nitrogens is 2. The Morgan fingerprint density at radius 3 is 2.46 bits per heavy atom. The van der Waals surface area contributed by atoms with Crippen LogP contribution in [-0.4, -0.2) is 9.55 Å². The molecule has 0 amide bonds. The highest BCUT2D eigenvalue weighted by Gasteiger charge is 2.12. The smallest absolute Gasteiger partial charge is 0.0945 e. The minimum absolute atomic E-state index is 0.565. The number of aryl methyl sites for hydroxylation is 3. The van der Waals surface area contributed by atoms with Gasteiger partial charge in [0.25, 0.3) is 0 Å². The van der Waals surface area contributed by atoms with Gasteiger partial charge in [-0.1, -0.05) is 53.5 Å². The Balaban J connectivity index is 1.65. The number of imidazole rings is 1. The molecule has 0 saturated heterocycles. The highest BCUT2D eigenvalue weighted by molar-refractivity contribution is 6.35. The van der Waals surface area contributed by atoms with Crippen LogP contribution in [0.5, 0.6) is 0 Å². The van der Waals surface area contributed by atoms with Crippen molar-refractivity contribution >= 4 is 23.2 Å². The zero-order chi connectivity index (χ0) is 18.4. The molecule has 3 aromatic rings. The predicted octanol–water partition coefficient (Wildman–Crippen LogP) is 6.38. The lowest BCUT2D eigenvalue weighted by molar-refractivity contribution is 0.388. The summed E-state index contributed by atoms with van der Waals surface area (Å²) in [7, 11) is 0. The Bertz CT molecular complexity index is 828. The zero-order valence-electron chi connectivity index (χ0n) is 15.0. The summed E-state index contributed by atoms with van der Waals surface area (Å²) >= 11 is 12.4. The van der Waals surface area contributed by atoms with E-state index >= 15 is 0 Å². The van der Waals surface area contributed by atoms with E-state index in [4.69, 9.17) is 23.2 Å². The molecular formula is C22H24Cl2N2. The first-order valence-electron chi connectivity index (χ1n) is 9.06. The lowest BCUT2D eigenvalue weighted by Gasteiger charge is -2.19. The van der Waals surface area contributed by atoms with E-state index in [1.807, 2.05) is 36.9 Å². The molecule has 26 heavy (non-hydrogen) atoms. The van der Waals surface area contributed by atoms with Gasteiger partial charge >= 0.3 is 0 Å². The van der Waals surface area contributed by atoms with Gasteiger partial charge in [-0.05, 0) is 67.3 Å². The molecule has 2 aromatic carbocycles. The molecule has 1 aromatic heterocycles. The molecule has 1 unspecified atom stereocenters. The van der Waals surface area contributed by atoms with Gasteiger partial charge in [0.1, 0.15) is 0 Å². The SMILES string of the molecule is Cc1ccccc1CCC(CCc1ccc(Cl)cc1Cl)Cn1ccnc1. The van der Waals surface area contributed by atoms with E-state index in [0.29, 0.717) is 10.9 Å². The monoisotopic (exact) mass is 386 g/mol. The third-order valence-electron chi connectivity index (χ3n) is 4.95. The van der Waals surface area contributed by atoms with Crippen molar-refractivity contribution in [2.75, 3.05) is 0 Å². The second-order valence-corrected chi connectivity index (χ2v) is 7.71. The van der Waals surface area contributed by atoms with Crippen molar-refractivity contribution in [1.29, 1.82) is 0 Å². The number of rotatable bonds is 8. The van der Waals surface area contributed by atoms with Crippen LogP contribution in [0.4, 0.5) is 0 Å². The van der Waals surface area contributed by atoms with Crippen molar-refractivity contribution in [2.24, 2.45) is 5.92 Å². The van der Waals surface area contributed by atoms with Crippen LogP contribution in [0, 0.1) is 12.8 Å². The van der Waals surface area contributed by atoms with Gasteiger partial charge in [0.15, 0.2) is 0 Å². The summed E-state index contributed by atoms with van der Waals surface area (Å²) in [6, 6.07) is 14.4. The topological polar surface area (TPSA) is 17.8 Å². The molecule has 0 spiro atoms. The van der Waals surface area contributed by atoms with Crippen LogP contribution in [0.15, 0.2) is 61.2 Å². The Morgan fingerprint density at radius 1 is 1.00 bits per heavy atom. The predicted molar refractivity (Wildman–Crippen MR) is 110 cm³/mol. The van der Waals surface area contributed by atoms with Gasteiger partial charge in [0.2, 0.25) is 0 Å². The Morgan fingerprint density at radius 2 is 1.77 bits per heavy atom. The fraction of sp³-hybridized carbons (Fsp3) is 0.318. The molecule has 0 aliphatic carbocycles. The molecule has 0 saturated carbocycles. The summed E-state index contributed by atoms with van der Waals surface area (Å²) in [5, 5.41) is 1.45. The highest BCUT2D eigenvalue weighted by Crippen LogP contribution is 2.25. The van der Waals surface area contributed by atoms with Crippen LogP contribution < -0.4 is 0 Å². The van der Waals surface area contributed by atoms with Crippen molar-refractivity contribution in [1.82, 2.24) is 9.55 Å². The molecule has 3 rings (SSSR count). The van der Waals surface area contributed by atoms with Crippen LogP contribution >= 0.6 is 23.2 Å². The van der Waals surface area contributed by atoms with E-state index in [1.165, 1.54) is 16.7 Å². The van der Waals surface area contributed by atoms with Gasteiger partial charge in [0, 0.05) is 29.0 Å². The van der Waals surface area contributed by atoms with Crippen LogP contribution in [0.25, 0.3) is 0 Å². The quantitative estimate of drug-likeness (QED) is 0.439. The number of hydrogen-bond donors (Lipinski definition) is 0. The summed E-state index contributed by atoms with van der Waals surface area (Å²) < 4.78 is 2.17. The molecular weight excluding hydrogens is 363 g/mol. The maximum absolute atomic E-state index is 6.35. The molecule has 0 N–H and O–H groups in total. The number of nitrogens with zero attached hydrogens (tertiary/aromatic N) is 2. The molecule has 0 aliphatic heterocycles. The maximum atomic E-state index is 6.35. The summed E-state index contributed by atoms with van der Waals surface area (Å²) in [4.78, 5) is 4.18. The van der Waals surface area contributed by atoms with Crippen LogP contribution in [-0.2, 0) is 19.4 Å². The van der Waals surface area contributed by atoms with E-state index in [-0.39, 0.29) is 0 Å². The Hall–Kier alpha value is -1.77.